The van der Waals surface area contributed by atoms with Crippen molar-refractivity contribution < 1.29 is 4.52 Å². The minimum atomic E-state index is -0.00979. The Morgan fingerprint density at radius 2 is 1.96 bits per heavy atom. The van der Waals surface area contributed by atoms with Gasteiger partial charge in [-0.2, -0.15) is 4.98 Å². The largest absolute Gasteiger partial charge is 0.338 e. The van der Waals surface area contributed by atoms with Gasteiger partial charge in [0.15, 0.2) is 0 Å². The summed E-state index contributed by atoms with van der Waals surface area (Å²) in [5, 5.41) is 4.23. The fraction of sp³-hybridized carbons (Fsp3) is 0.611. The first-order valence-electron chi connectivity index (χ1n) is 8.60. The first-order chi connectivity index (χ1) is 11.0. The average molecular weight is 310 g/mol. The third kappa shape index (κ3) is 2.06. The molecule has 0 amide bonds. The van der Waals surface area contributed by atoms with Crippen molar-refractivity contribution in [3.05, 3.63) is 29.9 Å². The van der Waals surface area contributed by atoms with Crippen molar-refractivity contribution >= 4 is 0 Å². The summed E-state index contributed by atoms with van der Waals surface area (Å²) in [5.41, 5.74) is 8.59. The summed E-state index contributed by atoms with van der Waals surface area (Å²) in [6, 6.07) is 3.98. The van der Waals surface area contributed by atoms with Gasteiger partial charge in [-0.3, -0.25) is 4.98 Å². The van der Waals surface area contributed by atoms with Gasteiger partial charge < -0.3 is 10.3 Å². The van der Waals surface area contributed by atoms with Crippen molar-refractivity contribution in [2.24, 2.45) is 17.6 Å². The van der Waals surface area contributed by atoms with Gasteiger partial charge >= 0.3 is 0 Å². The lowest BCUT2D eigenvalue weighted by atomic mass is 9.47. The van der Waals surface area contributed by atoms with Crippen LogP contribution in [-0.2, 0) is 5.41 Å². The zero-order valence-corrected chi connectivity index (χ0v) is 13.5. The van der Waals surface area contributed by atoms with Crippen LogP contribution in [0.3, 0.4) is 0 Å². The fourth-order valence-corrected chi connectivity index (χ4v) is 5.74. The summed E-state index contributed by atoms with van der Waals surface area (Å²) in [6.45, 7) is 1.97. The molecule has 5 nitrogen and oxygen atoms in total. The normalized spacial score (nSPS) is 38.2. The Bertz CT molecular complexity index is 737. The monoisotopic (exact) mass is 310 g/mol. The van der Waals surface area contributed by atoms with Crippen molar-refractivity contribution in [3.63, 3.8) is 0 Å². The maximum absolute atomic E-state index is 6.68. The third-order valence-electron chi connectivity index (χ3n) is 6.16. The van der Waals surface area contributed by atoms with Gasteiger partial charge in [-0.1, -0.05) is 5.16 Å². The average Bonchev–Trinajstić information content (AvgIpc) is 2.96. The standard InChI is InChI=1S/C18H22N4O/c1-11-2-3-14(9-20-11)15-21-16(23-22-15)17-5-12-4-13(6-17)8-18(19,7-12)10-17/h2-3,9,12-13H,4-8,10,19H2,1H3. The number of hydrogen-bond acceptors (Lipinski definition) is 5. The SMILES string of the molecule is Cc1ccc(-c2noc(C34CC5CC(CC(N)(C5)C3)C4)n2)cn1. The summed E-state index contributed by atoms with van der Waals surface area (Å²) < 4.78 is 5.73. The lowest BCUT2D eigenvalue weighted by Gasteiger charge is -2.59. The molecule has 4 saturated carbocycles. The molecule has 6 rings (SSSR count). The fourth-order valence-electron chi connectivity index (χ4n) is 5.74. The Morgan fingerprint density at radius 3 is 2.61 bits per heavy atom. The Morgan fingerprint density at radius 1 is 1.17 bits per heavy atom. The van der Waals surface area contributed by atoms with Crippen molar-refractivity contribution in [3.8, 4) is 11.4 Å². The first kappa shape index (κ1) is 13.7. The molecule has 2 aromatic rings. The van der Waals surface area contributed by atoms with E-state index in [1.807, 2.05) is 25.3 Å². The number of aromatic nitrogens is 3. The van der Waals surface area contributed by atoms with Crippen LogP contribution in [0.4, 0.5) is 0 Å². The second-order valence-electron chi connectivity index (χ2n) is 8.22. The molecule has 0 saturated heterocycles. The van der Waals surface area contributed by atoms with Gasteiger partial charge in [0, 0.05) is 23.0 Å². The zero-order chi connectivity index (χ0) is 15.7. The molecular formula is C18H22N4O. The molecule has 4 aliphatic rings. The minimum absolute atomic E-state index is 0.00979. The van der Waals surface area contributed by atoms with Crippen LogP contribution in [0.15, 0.2) is 22.9 Å². The highest BCUT2D eigenvalue weighted by atomic mass is 16.5. The van der Waals surface area contributed by atoms with Gasteiger partial charge in [-0.05, 0) is 69.4 Å². The molecule has 4 bridgehead atoms. The van der Waals surface area contributed by atoms with Gasteiger partial charge in [-0.15, -0.1) is 0 Å². The molecular weight excluding hydrogens is 288 g/mol. The maximum atomic E-state index is 6.68. The van der Waals surface area contributed by atoms with Crippen LogP contribution >= 0.6 is 0 Å². The van der Waals surface area contributed by atoms with Gasteiger partial charge in [-0.25, -0.2) is 0 Å². The van der Waals surface area contributed by atoms with Crippen LogP contribution in [0, 0.1) is 18.8 Å². The topological polar surface area (TPSA) is 77.8 Å². The Balaban J connectivity index is 1.52. The molecule has 120 valence electrons. The minimum Gasteiger partial charge on any atom is -0.338 e. The second-order valence-corrected chi connectivity index (χ2v) is 8.22. The number of rotatable bonds is 2. The van der Waals surface area contributed by atoms with Gasteiger partial charge in [0.05, 0.1) is 5.41 Å². The summed E-state index contributed by atoms with van der Waals surface area (Å²) in [7, 11) is 0. The van der Waals surface area contributed by atoms with Crippen LogP contribution in [0.2, 0.25) is 0 Å². The van der Waals surface area contributed by atoms with Crippen molar-refractivity contribution in [2.45, 2.75) is 56.4 Å². The number of pyridine rings is 1. The molecule has 5 heteroatoms. The van der Waals surface area contributed by atoms with E-state index in [0.717, 1.165) is 48.2 Å². The first-order valence-corrected chi connectivity index (χ1v) is 8.60. The number of nitrogens with two attached hydrogens (primary N) is 1. The van der Waals surface area contributed by atoms with E-state index in [1.165, 1.54) is 19.3 Å². The second kappa shape index (κ2) is 4.41. The molecule has 0 spiro atoms. The molecule has 2 N–H and O–H groups in total. The summed E-state index contributed by atoms with van der Waals surface area (Å²) >= 11 is 0. The number of hydrogen-bond donors (Lipinski definition) is 1. The summed E-state index contributed by atoms with van der Waals surface area (Å²) in [6.07, 6.45) is 8.83. The van der Waals surface area contributed by atoms with Crippen molar-refractivity contribution in [2.75, 3.05) is 0 Å². The van der Waals surface area contributed by atoms with E-state index >= 15 is 0 Å². The molecule has 2 aromatic heterocycles. The molecule has 2 unspecified atom stereocenters. The summed E-state index contributed by atoms with van der Waals surface area (Å²) in [4.78, 5) is 9.08. The van der Waals surface area contributed by atoms with Gasteiger partial charge in [0.25, 0.3) is 0 Å². The van der Waals surface area contributed by atoms with E-state index in [9.17, 15) is 0 Å². The maximum Gasteiger partial charge on any atom is 0.233 e. The van der Waals surface area contributed by atoms with Gasteiger partial charge in [0.2, 0.25) is 11.7 Å². The molecule has 0 aliphatic heterocycles. The van der Waals surface area contributed by atoms with Crippen LogP contribution in [0.1, 0.15) is 50.1 Å². The molecule has 2 heterocycles. The van der Waals surface area contributed by atoms with E-state index in [1.54, 1.807) is 0 Å². The highest BCUT2D eigenvalue weighted by Gasteiger charge is 2.59. The molecule has 23 heavy (non-hydrogen) atoms. The Labute approximate surface area is 135 Å². The van der Waals surface area contributed by atoms with E-state index in [2.05, 4.69) is 10.1 Å². The zero-order valence-electron chi connectivity index (χ0n) is 13.5. The van der Waals surface area contributed by atoms with Crippen LogP contribution < -0.4 is 5.73 Å². The number of nitrogens with zero attached hydrogens (tertiary/aromatic N) is 3. The predicted octanol–water partition coefficient (Wildman–Crippen LogP) is 2.99. The smallest absolute Gasteiger partial charge is 0.233 e. The van der Waals surface area contributed by atoms with E-state index in [4.69, 9.17) is 15.2 Å². The van der Waals surface area contributed by atoms with Crippen LogP contribution in [-0.4, -0.2) is 20.7 Å². The van der Waals surface area contributed by atoms with Crippen LogP contribution in [0.5, 0.6) is 0 Å². The quantitative estimate of drug-likeness (QED) is 0.922. The van der Waals surface area contributed by atoms with Crippen molar-refractivity contribution in [1.82, 2.24) is 15.1 Å². The molecule has 0 aromatic carbocycles. The molecule has 0 radical (unpaired) electrons. The van der Waals surface area contributed by atoms with E-state index < -0.39 is 0 Å². The van der Waals surface area contributed by atoms with Crippen LogP contribution in [0.25, 0.3) is 11.4 Å². The molecule has 2 atom stereocenters. The predicted molar refractivity (Wildman–Crippen MR) is 85.5 cm³/mol. The molecule has 4 fully saturated rings. The third-order valence-corrected chi connectivity index (χ3v) is 6.16. The highest BCUT2D eigenvalue weighted by Crippen LogP contribution is 2.61. The van der Waals surface area contributed by atoms with E-state index in [-0.39, 0.29) is 11.0 Å². The highest BCUT2D eigenvalue weighted by molar-refractivity contribution is 5.52. The lowest BCUT2D eigenvalue weighted by molar-refractivity contribution is -0.0360. The Kier molecular flexibility index (Phi) is 2.62. The van der Waals surface area contributed by atoms with Gasteiger partial charge in [0.1, 0.15) is 0 Å². The number of aryl methyl sites for hydroxylation is 1. The Hall–Kier alpha value is -1.75. The van der Waals surface area contributed by atoms with Crippen molar-refractivity contribution in [1.29, 1.82) is 0 Å². The van der Waals surface area contributed by atoms with E-state index in [0.29, 0.717) is 5.82 Å². The lowest BCUT2D eigenvalue weighted by Crippen LogP contribution is -2.61. The summed E-state index contributed by atoms with van der Waals surface area (Å²) in [5.74, 6) is 2.92. The molecule has 4 aliphatic carbocycles.